The highest BCUT2D eigenvalue weighted by Crippen LogP contribution is 2.41. The maximum atomic E-state index is 13.7. The summed E-state index contributed by atoms with van der Waals surface area (Å²) in [6, 6.07) is 15.4. The highest BCUT2D eigenvalue weighted by molar-refractivity contribution is 7.92. The molecule has 0 radical (unpaired) electrons. The summed E-state index contributed by atoms with van der Waals surface area (Å²) in [5.41, 5.74) is 3.25. The lowest BCUT2D eigenvalue weighted by molar-refractivity contribution is 0.479. The van der Waals surface area contributed by atoms with Gasteiger partial charge in [-0.1, -0.05) is 30.3 Å². The van der Waals surface area contributed by atoms with Crippen molar-refractivity contribution in [3.05, 3.63) is 95.1 Å². The number of aromatic nitrogens is 6. The summed E-state index contributed by atoms with van der Waals surface area (Å²) in [6.07, 6.45) is 5.83. The van der Waals surface area contributed by atoms with E-state index < -0.39 is 16.1 Å². The van der Waals surface area contributed by atoms with E-state index in [0.29, 0.717) is 45.0 Å². The van der Waals surface area contributed by atoms with E-state index in [1.165, 1.54) is 12.4 Å². The van der Waals surface area contributed by atoms with E-state index in [0.717, 1.165) is 11.8 Å². The van der Waals surface area contributed by atoms with Crippen LogP contribution in [0.25, 0.3) is 33.4 Å². The Morgan fingerprint density at radius 1 is 1.02 bits per heavy atom. The number of fused-ring (bicyclic) bond motifs is 2. The minimum atomic E-state index is -3.62. The van der Waals surface area contributed by atoms with Crippen LogP contribution in [0.1, 0.15) is 24.4 Å². The second-order valence-corrected chi connectivity index (χ2v) is 11.5. The minimum absolute atomic E-state index is 0.0467. The molecule has 0 saturated carbocycles. The average molecular weight is 571 g/mol. The molecule has 4 heterocycles. The first kappa shape index (κ1) is 26.1. The molecule has 2 aromatic carbocycles. The quantitative estimate of drug-likeness (QED) is 0.210. The number of phenols is 1. The third-order valence-corrected chi connectivity index (χ3v) is 7.35. The third kappa shape index (κ3) is 4.65. The van der Waals surface area contributed by atoms with Gasteiger partial charge in [-0.15, -0.1) is 0 Å². The van der Waals surface area contributed by atoms with Crippen LogP contribution in [-0.4, -0.2) is 48.9 Å². The number of anilines is 2. The molecule has 6 rings (SSSR count). The molecule has 12 nitrogen and oxygen atoms in total. The predicted octanol–water partition coefficient (Wildman–Crippen LogP) is 3.98. The molecule has 6 aromatic rings. The van der Waals surface area contributed by atoms with Crippen LogP contribution in [-0.2, 0) is 10.0 Å². The first-order chi connectivity index (χ1) is 19.6. The maximum absolute atomic E-state index is 13.7. The normalized spacial score (nSPS) is 12.6. The van der Waals surface area contributed by atoms with Crippen LogP contribution in [0.3, 0.4) is 0 Å². The number of sulfonamides is 1. The Labute approximate surface area is 234 Å². The number of benzene rings is 2. The Morgan fingerprint density at radius 3 is 2.56 bits per heavy atom. The van der Waals surface area contributed by atoms with Crippen molar-refractivity contribution >= 4 is 38.1 Å². The molecule has 0 amide bonds. The van der Waals surface area contributed by atoms with Gasteiger partial charge in [0.15, 0.2) is 5.82 Å². The molecule has 4 aromatic heterocycles. The van der Waals surface area contributed by atoms with Gasteiger partial charge in [0.1, 0.15) is 29.1 Å². The van der Waals surface area contributed by atoms with Crippen molar-refractivity contribution in [1.82, 2.24) is 29.1 Å². The fourth-order valence-corrected chi connectivity index (χ4v) is 5.50. The zero-order valence-corrected chi connectivity index (χ0v) is 23.1. The Kier molecular flexibility index (Phi) is 6.22. The molecule has 0 spiro atoms. The predicted molar refractivity (Wildman–Crippen MR) is 157 cm³/mol. The molecule has 208 valence electrons. The summed E-state index contributed by atoms with van der Waals surface area (Å²) in [5, 5.41) is 19.7. The molecular formula is C28H26N8O4S. The number of aromatic hydroxyl groups is 1. The Morgan fingerprint density at radius 2 is 1.80 bits per heavy atom. The first-order valence-electron chi connectivity index (χ1n) is 12.7. The smallest absolute Gasteiger partial charge is 0.282 e. The van der Waals surface area contributed by atoms with E-state index in [1.54, 1.807) is 33.6 Å². The van der Waals surface area contributed by atoms with E-state index in [9.17, 15) is 18.3 Å². The number of nitrogens with one attached hydrogen (secondary N) is 3. The number of phenolic OH excluding ortho intramolecular Hbond substituents is 1. The highest BCUT2D eigenvalue weighted by Gasteiger charge is 2.23. The van der Waals surface area contributed by atoms with Crippen molar-refractivity contribution in [2.24, 2.45) is 0 Å². The molecule has 13 heteroatoms. The lowest BCUT2D eigenvalue weighted by atomic mass is 10.0. The van der Waals surface area contributed by atoms with Gasteiger partial charge < -0.3 is 15.4 Å². The van der Waals surface area contributed by atoms with Crippen LogP contribution >= 0.6 is 0 Å². The molecule has 0 bridgehead atoms. The minimum Gasteiger partial charge on any atom is -0.505 e. The van der Waals surface area contributed by atoms with Gasteiger partial charge in [-0.25, -0.2) is 22.9 Å². The zero-order valence-electron chi connectivity index (χ0n) is 22.3. The van der Waals surface area contributed by atoms with Crippen LogP contribution in [0, 0.1) is 6.92 Å². The Hall–Kier alpha value is -5.17. The van der Waals surface area contributed by atoms with Crippen LogP contribution < -0.4 is 15.6 Å². The summed E-state index contributed by atoms with van der Waals surface area (Å²) in [7, 11) is -3.62. The molecule has 0 aliphatic rings. The van der Waals surface area contributed by atoms with Crippen molar-refractivity contribution in [1.29, 1.82) is 0 Å². The molecule has 1 atom stereocenters. The lowest BCUT2D eigenvalue weighted by Gasteiger charge is -2.20. The van der Waals surface area contributed by atoms with Crippen LogP contribution in [0.4, 0.5) is 11.5 Å². The van der Waals surface area contributed by atoms with Gasteiger partial charge in [-0.2, -0.15) is 5.10 Å². The van der Waals surface area contributed by atoms with Crippen molar-refractivity contribution in [3.63, 3.8) is 0 Å². The Balaban J connectivity index is 1.48. The fourth-order valence-electron chi connectivity index (χ4n) is 4.94. The number of H-pyrrole nitrogens is 1. The monoisotopic (exact) mass is 570 g/mol. The van der Waals surface area contributed by atoms with Crippen LogP contribution in [0.5, 0.6) is 5.75 Å². The molecular weight excluding hydrogens is 544 g/mol. The lowest BCUT2D eigenvalue weighted by Crippen LogP contribution is -2.29. The standard InChI is InChI=1S/C28H26N8O4S/c1-16-12-13-35-23(16)28(38)36(18-8-5-4-6-9-18)27(33-35)17(2)32-26-22-20(14-29-25(22)30-15-31-26)19-10-7-11-21(24(19)37)34-41(3,39)40/h4-15,17,34,37H,1-3H3,(H2,29,30,31,32)/t17-/m0/s1. The number of hydrogen-bond donors (Lipinski definition) is 4. The van der Waals surface area contributed by atoms with Gasteiger partial charge in [0, 0.05) is 23.5 Å². The highest BCUT2D eigenvalue weighted by atomic mass is 32.2. The summed E-state index contributed by atoms with van der Waals surface area (Å²) < 4.78 is 29.1. The molecule has 0 aliphatic heterocycles. The molecule has 0 unspecified atom stereocenters. The van der Waals surface area contributed by atoms with Gasteiger partial charge in [0.2, 0.25) is 10.0 Å². The van der Waals surface area contributed by atoms with Gasteiger partial charge >= 0.3 is 0 Å². The van der Waals surface area contributed by atoms with Gasteiger partial charge in [-0.05, 0) is 43.7 Å². The van der Waals surface area contributed by atoms with E-state index >= 15 is 0 Å². The number of para-hydroxylation sites is 2. The summed E-state index contributed by atoms with van der Waals surface area (Å²) >= 11 is 0. The molecule has 4 N–H and O–H groups in total. The van der Waals surface area contributed by atoms with E-state index in [4.69, 9.17) is 5.10 Å². The van der Waals surface area contributed by atoms with Crippen LogP contribution in [0.2, 0.25) is 0 Å². The van der Waals surface area contributed by atoms with E-state index in [2.05, 4.69) is 25.0 Å². The molecule has 41 heavy (non-hydrogen) atoms. The SMILES string of the molecule is Cc1ccn2nc([C@H](C)Nc3ncnc4[nH]cc(-c5cccc(NS(C)(=O)=O)c5O)c34)n(-c3ccccc3)c(=O)c12. The summed E-state index contributed by atoms with van der Waals surface area (Å²) in [6.45, 7) is 3.74. The number of rotatable bonds is 7. The van der Waals surface area contributed by atoms with Crippen molar-refractivity contribution in [2.75, 3.05) is 16.3 Å². The van der Waals surface area contributed by atoms with Crippen molar-refractivity contribution < 1.29 is 13.5 Å². The van der Waals surface area contributed by atoms with Crippen molar-refractivity contribution in [2.45, 2.75) is 19.9 Å². The number of aryl methyl sites for hydroxylation is 1. The second kappa shape index (κ2) is 9.78. The van der Waals surface area contributed by atoms with Crippen LogP contribution in [0.15, 0.2) is 78.1 Å². The van der Waals surface area contributed by atoms with Gasteiger partial charge in [0.25, 0.3) is 5.56 Å². The number of nitrogens with zero attached hydrogens (tertiary/aromatic N) is 5. The zero-order chi connectivity index (χ0) is 28.9. The molecule has 0 fully saturated rings. The van der Waals surface area contributed by atoms with E-state index in [1.807, 2.05) is 50.2 Å². The maximum Gasteiger partial charge on any atom is 0.282 e. The van der Waals surface area contributed by atoms with Crippen molar-refractivity contribution in [3.8, 4) is 22.6 Å². The first-order valence-corrected chi connectivity index (χ1v) is 14.6. The Bertz CT molecular complexity index is 2100. The topological polar surface area (TPSA) is 159 Å². The average Bonchev–Trinajstić information content (AvgIpc) is 3.54. The molecule has 0 aliphatic carbocycles. The fraction of sp³-hybridized carbons (Fsp3) is 0.143. The largest absolute Gasteiger partial charge is 0.505 e. The number of aromatic amines is 1. The summed E-state index contributed by atoms with van der Waals surface area (Å²) in [5.74, 6) is 0.641. The van der Waals surface area contributed by atoms with Gasteiger partial charge in [-0.3, -0.25) is 14.1 Å². The van der Waals surface area contributed by atoms with Gasteiger partial charge in [0.05, 0.1) is 29.1 Å². The summed E-state index contributed by atoms with van der Waals surface area (Å²) in [4.78, 5) is 25.6. The molecule has 0 saturated heterocycles. The van der Waals surface area contributed by atoms with E-state index in [-0.39, 0.29) is 17.0 Å². The second-order valence-electron chi connectivity index (χ2n) is 9.72. The third-order valence-electron chi connectivity index (χ3n) is 6.76. The number of hydrogen-bond acceptors (Lipinski definition) is 8.